The molecule has 1 aliphatic rings. The van der Waals surface area contributed by atoms with Gasteiger partial charge >= 0.3 is 0 Å². The smallest absolute Gasteiger partial charge is 0.223 e. The van der Waals surface area contributed by atoms with Gasteiger partial charge in [-0.15, -0.1) is 11.3 Å². The number of halogens is 1. The van der Waals surface area contributed by atoms with Crippen LogP contribution in [0.5, 0.6) is 0 Å². The van der Waals surface area contributed by atoms with Crippen LogP contribution in [-0.2, 0) is 4.79 Å². The van der Waals surface area contributed by atoms with E-state index in [2.05, 4.69) is 5.32 Å². The number of thiazole rings is 1. The average molecular weight is 338 g/mol. The monoisotopic (exact) mass is 337 g/mol. The molecule has 1 aromatic carbocycles. The van der Waals surface area contributed by atoms with E-state index < -0.39 is 0 Å². The molecule has 0 unspecified atom stereocenters. The zero-order chi connectivity index (χ0) is 15.5. The highest BCUT2D eigenvalue weighted by atomic mass is 35.5. The van der Waals surface area contributed by atoms with Crippen LogP contribution in [0.4, 0.5) is 0 Å². The summed E-state index contributed by atoms with van der Waals surface area (Å²) in [4.78, 5) is 18.8. The van der Waals surface area contributed by atoms with Crippen LogP contribution in [-0.4, -0.2) is 42.5 Å². The molecule has 6 heteroatoms. The molecule has 1 fully saturated rings. The highest BCUT2D eigenvalue weighted by Gasteiger charge is 2.25. The van der Waals surface area contributed by atoms with Crippen LogP contribution in [0.15, 0.2) is 18.2 Å². The van der Waals surface area contributed by atoms with Gasteiger partial charge in [0, 0.05) is 37.0 Å². The van der Waals surface area contributed by atoms with Gasteiger partial charge < -0.3 is 10.2 Å². The molecule has 1 amide bonds. The summed E-state index contributed by atoms with van der Waals surface area (Å²) in [6.45, 7) is 2.42. The van der Waals surface area contributed by atoms with Gasteiger partial charge in [0.2, 0.25) is 5.91 Å². The van der Waals surface area contributed by atoms with E-state index in [1.807, 2.05) is 30.1 Å². The van der Waals surface area contributed by atoms with Crippen molar-refractivity contribution in [3.63, 3.8) is 0 Å². The minimum atomic E-state index is 0.254. The van der Waals surface area contributed by atoms with E-state index in [0.717, 1.165) is 43.0 Å². The Kier molecular flexibility index (Phi) is 4.96. The lowest BCUT2D eigenvalue weighted by molar-refractivity contribution is -0.132. The van der Waals surface area contributed by atoms with Gasteiger partial charge in [-0.25, -0.2) is 4.98 Å². The number of fused-ring (bicyclic) bond motifs is 1. The van der Waals surface area contributed by atoms with Crippen LogP contribution in [0, 0.1) is 0 Å². The number of carbonyl (C=O) groups excluding carboxylic acids is 1. The van der Waals surface area contributed by atoms with Gasteiger partial charge in [0.05, 0.1) is 15.2 Å². The molecule has 2 aromatic rings. The fourth-order valence-corrected chi connectivity index (χ4v) is 4.14. The number of benzene rings is 1. The Bertz CT molecular complexity index is 664. The topological polar surface area (TPSA) is 45.2 Å². The molecule has 2 heterocycles. The molecule has 1 aromatic heterocycles. The molecule has 1 saturated heterocycles. The molecule has 1 N–H and O–H groups in total. The highest BCUT2D eigenvalue weighted by molar-refractivity contribution is 7.18. The normalized spacial score (nSPS) is 16.4. The molecule has 0 aliphatic carbocycles. The van der Waals surface area contributed by atoms with Crippen molar-refractivity contribution in [2.45, 2.75) is 25.2 Å². The van der Waals surface area contributed by atoms with Crippen molar-refractivity contribution in [1.82, 2.24) is 15.2 Å². The Hall–Kier alpha value is -1.17. The summed E-state index contributed by atoms with van der Waals surface area (Å²) >= 11 is 7.78. The number of piperidine rings is 1. The first-order chi connectivity index (χ1) is 10.7. The number of hydrogen-bond donors (Lipinski definition) is 1. The first-order valence-electron chi connectivity index (χ1n) is 7.65. The van der Waals surface area contributed by atoms with Crippen molar-refractivity contribution in [2.24, 2.45) is 0 Å². The summed E-state index contributed by atoms with van der Waals surface area (Å²) < 4.78 is 1.19. The van der Waals surface area contributed by atoms with Gasteiger partial charge in [-0.3, -0.25) is 4.79 Å². The molecule has 3 rings (SSSR count). The van der Waals surface area contributed by atoms with E-state index in [9.17, 15) is 4.79 Å². The third kappa shape index (κ3) is 3.42. The van der Waals surface area contributed by atoms with Crippen molar-refractivity contribution in [3.05, 3.63) is 28.2 Å². The molecule has 0 spiro atoms. The minimum absolute atomic E-state index is 0.254. The van der Waals surface area contributed by atoms with E-state index in [-0.39, 0.29) is 5.91 Å². The van der Waals surface area contributed by atoms with Gasteiger partial charge in [0.15, 0.2) is 0 Å². The van der Waals surface area contributed by atoms with Crippen LogP contribution >= 0.6 is 22.9 Å². The Morgan fingerprint density at radius 1 is 1.45 bits per heavy atom. The van der Waals surface area contributed by atoms with Crippen LogP contribution in [0.2, 0.25) is 5.02 Å². The molecule has 0 bridgehead atoms. The van der Waals surface area contributed by atoms with Crippen molar-refractivity contribution in [1.29, 1.82) is 0 Å². The Labute approximate surface area is 139 Å². The fourth-order valence-electron chi connectivity index (χ4n) is 2.86. The van der Waals surface area contributed by atoms with Gasteiger partial charge in [0.1, 0.15) is 0 Å². The highest BCUT2D eigenvalue weighted by Crippen LogP contribution is 2.34. The molecule has 0 saturated carbocycles. The predicted molar refractivity (Wildman–Crippen MR) is 91.7 cm³/mol. The van der Waals surface area contributed by atoms with E-state index in [1.165, 1.54) is 9.71 Å². The van der Waals surface area contributed by atoms with E-state index in [1.54, 1.807) is 11.3 Å². The standard InChI is InChI=1S/C16H20ClN3OS/c1-18-7-4-15(21)20-8-5-11(6-9-20)16-19-13-10-12(17)2-3-14(13)22-16/h2-3,10-11,18H,4-9H2,1H3. The molecule has 0 radical (unpaired) electrons. The summed E-state index contributed by atoms with van der Waals surface area (Å²) in [6, 6.07) is 5.87. The number of hydrogen-bond acceptors (Lipinski definition) is 4. The second kappa shape index (κ2) is 6.94. The molecule has 0 atom stereocenters. The summed E-state index contributed by atoms with van der Waals surface area (Å²) in [6.07, 6.45) is 2.58. The number of likely N-dealkylation sites (tertiary alicyclic amines) is 1. The van der Waals surface area contributed by atoms with Gasteiger partial charge in [-0.2, -0.15) is 0 Å². The first-order valence-corrected chi connectivity index (χ1v) is 8.85. The third-order valence-corrected chi connectivity index (χ3v) is 5.59. The number of carbonyl (C=O) groups is 1. The molecule has 22 heavy (non-hydrogen) atoms. The molecule has 1 aliphatic heterocycles. The largest absolute Gasteiger partial charge is 0.343 e. The lowest BCUT2D eigenvalue weighted by Gasteiger charge is -2.31. The lowest BCUT2D eigenvalue weighted by atomic mass is 9.97. The number of nitrogens with one attached hydrogen (secondary N) is 1. The molecule has 4 nitrogen and oxygen atoms in total. The van der Waals surface area contributed by atoms with E-state index in [4.69, 9.17) is 16.6 Å². The fraction of sp³-hybridized carbons (Fsp3) is 0.500. The maximum absolute atomic E-state index is 12.0. The molecule has 118 valence electrons. The minimum Gasteiger partial charge on any atom is -0.343 e. The van der Waals surface area contributed by atoms with E-state index >= 15 is 0 Å². The molecular formula is C16H20ClN3OS. The summed E-state index contributed by atoms with van der Waals surface area (Å²) in [7, 11) is 1.87. The summed E-state index contributed by atoms with van der Waals surface area (Å²) in [5.41, 5.74) is 0.986. The lowest BCUT2D eigenvalue weighted by Crippen LogP contribution is -2.38. The van der Waals surface area contributed by atoms with Gasteiger partial charge in [-0.1, -0.05) is 11.6 Å². The third-order valence-electron chi connectivity index (χ3n) is 4.15. The first kappa shape index (κ1) is 15.7. The van der Waals surface area contributed by atoms with E-state index in [0.29, 0.717) is 12.3 Å². The average Bonchev–Trinajstić information content (AvgIpc) is 2.95. The maximum atomic E-state index is 12.0. The van der Waals surface area contributed by atoms with Crippen molar-refractivity contribution in [3.8, 4) is 0 Å². The Morgan fingerprint density at radius 3 is 2.95 bits per heavy atom. The summed E-state index contributed by atoms with van der Waals surface area (Å²) in [5, 5.41) is 4.94. The van der Waals surface area contributed by atoms with Crippen LogP contribution in [0.1, 0.15) is 30.2 Å². The van der Waals surface area contributed by atoms with Crippen molar-refractivity contribution in [2.75, 3.05) is 26.7 Å². The van der Waals surface area contributed by atoms with Gasteiger partial charge in [0.25, 0.3) is 0 Å². The van der Waals surface area contributed by atoms with Crippen molar-refractivity contribution < 1.29 is 4.79 Å². The van der Waals surface area contributed by atoms with Crippen LogP contribution in [0.3, 0.4) is 0 Å². The number of aromatic nitrogens is 1. The SMILES string of the molecule is CNCCC(=O)N1CCC(c2nc3cc(Cl)ccc3s2)CC1. The second-order valence-corrected chi connectivity index (χ2v) is 7.17. The predicted octanol–water partition coefficient (Wildman–Crippen LogP) is 3.27. The van der Waals surface area contributed by atoms with Crippen molar-refractivity contribution >= 4 is 39.1 Å². The number of amides is 1. The van der Waals surface area contributed by atoms with Gasteiger partial charge in [-0.05, 0) is 38.1 Å². The Morgan fingerprint density at radius 2 is 2.23 bits per heavy atom. The second-order valence-electron chi connectivity index (χ2n) is 5.67. The van der Waals surface area contributed by atoms with Crippen LogP contribution < -0.4 is 5.32 Å². The maximum Gasteiger partial charge on any atom is 0.223 e. The quantitative estimate of drug-likeness (QED) is 0.931. The Balaban J connectivity index is 1.64. The zero-order valence-corrected chi connectivity index (χ0v) is 14.2. The zero-order valence-electron chi connectivity index (χ0n) is 12.6. The molecular weight excluding hydrogens is 318 g/mol. The number of nitrogens with zero attached hydrogens (tertiary/aromatic N) is 2. The number of rotatable bonds is 4. The van der Waals surface area contributed by atoms with Crippen LogP contribution in [0.25, 0.3) is 10.2 Å². The summed E-state index contributed by atoms with van der Waals surface area (Å²) in [5.74, 6) is 0.716.